The molecule has 1 aromatic rings. The summed E-state index contributed by atoms with van der Waals surface area (Å²) in [5, 5.41) is 9.12. The Labute approximate surface area is 86.7 Å². The largest absolute Gasteiger partial charge is 0.505 e. The summed E-state index contributed by atoms with van der Waals surface area (Å²) in [5.41, 5.74) is 5.07. The highest BCUT2D eigenvalue weighted by Gasteiger charge is 2.20. The number of alkyl halides is 1. The van der Waals surface area contributed by atoms with Crippen LogP contribution in [-0.4, -0.2) is 11.8 Å². The van der Waals surface area contributed by atoms with E-state index in [0.29, 0.717) is 0 Å². The number of benzene rings is 1. The number of nitrogens with two attached hydrogens (primary N) is 1. The molecule has 3 N–H and O–H groups in total. The average molecular weight is 270 g/mol. The van der Waals surface area contributed by atoms with E-state index in [1.165, 1.54) is 0 Å². The zero-order valence-corrected chi connectivity index (χ0v) is 8.48. The maximum Gasteiger partial charge on any atom is 0.201 e. The van der Waals surface area contributed by atoms with Crippen molar-refractivity contribution < 1.29 is 18.3 Å². The van der Waals surface area contributed by atoms with Gasteiger partial charge in [0.25, 0.3) is 0 Å². The highest BCUT2D eigenvalue weighted by molar-refractivity contribution is 9.10. The molecule has 78 valence electrons. The molecular weight excluding hydrogens is 263 g/mol. The van der Waals surface area contributed by atoms with Crippen LogP contribution in [0, 0.1) is 11.6 Å². The van der Waals surface area contributed by atoms with Gasteiger partial charge in [-0.3, -0.25) is 0 Å². The molecule has 0 aliphatic heterocycles. The minimum atomic E-state index is -1.43. The lowest BCUT2D eigenvalue weighted by atomic mass is 10.1. The monoisotopic (exact) mass is 269 g/mol. The third-order valence-electron chi connectivity index (χ3n) is 1.73. The molecule has 0 saturated heterocycles. The first-order valence-corrected chi connectivity index (χ1v) is 4.46. The number of hydrogen-bond acceptors (Lipinski definition) is 2. The first-order chi connectivity index (χ1) is 6.49. The van der Waals surface area contributed by atoms with E-state index in [2.05, 4.69) is 15.9 Å². The first-order valence-electron chi connectivity index (χ1n) is 3.67. The van der Waals surface area contributed by atoms with Gasteiger partial charge in [-0.2, -0.15) is 4.39 Å². The van der Waals surface area contributed by atoms with Gasteiger partial charge in [-0.05, 0) is 22.0 Å². The fourth-order valence-electron chi connectivity index (χ4n) is 0.970. The van der Waals surface area contributed by atoms with Crippen LogP contribution >= 0.6 is 15.9 Å². The van der Waals surface area contributed by atoms with Crippen LogP contribution in [0.4, 0.5) is 13.2 Å². The average Bonchev–Trinajstić information content (AvgIpc) is 2.19. The Morgan fingerprint density at radius 3 is 2.50 bits per heavy atom. The van der Waals surface area contributed by atoms with Gasteiger partial charge >= 0.3 is 0 Å². The lowest BCUT2D eigenvalue weighted by Crippen LogP contribution is -2.13. The number of hydrogen-bond donors (Lipinski definition) is 2. The number of aromatic hydroxyl groups is 1. The van der Waals surface area contributed by atoms with E-state index in [-0.39, 0.29) is 10.0 Å². The zero-order valence-electron chi connectivity index (χ0n) is 6.90. The lowest BCUT2D eigenvalue weighted by Gasteiger charge is -2.11. The van der Waals surface area contributed by atoms with Crippen LogP contribution in [0.25, 0.3) is 0 Å². The topological polar surface area (TPSA) is 46.2 Å². The molecule has 0 heterocycles. The quantitative estimate of drug-likeness (QED) is 0.810. The van der Waals surface area contributed by atoms with Gasteiger partial charge in [-0.25, -0.2) is 8.78 Å². The Kier molecular flexibility index (Phi) is 3.38. The summed E-state index contributed by atoms with van der Waals surface area (Å²) in [6.45, 7) is -0.967. The Bertz CT molecular complexity index is 359. The second kappa shape index (κ2) is 4.18. The van der Waals surface area contributed by atoms with E-state index < -0.39 is 30.1 Å². The van der Waals surface area contributed by atoms with E-state index >= 15 is 0 Å². The van der Waals surface area contributed by atoms with Crippen LogP contribution in [-0.2, 0) is 0 Å². The molecule has 2 nitrogen and oxygen atoms in total. The number of phenols is 1. The number of phenolic OH excluding ortho intramolecular Hbond substituents is 1. The molecule has 1 atom stereocenters. The van der Waals surface area contributed by atoms with Gasteiger partial charge in [-0.1, -0.05) is 0 Å². The van der Waals surface area contributed by atoms with Crippen LogP contribution < -0.4 is 5.73 Å². The van der Waals surface area contributed by atoms with Gasteiger partial charge in [0.1, 0.15) is 6.67 Å². The summed E-state index contributed by atoms with van der Waals surface area (Å²) in [6.07, 6.45) is 0. The van der Waals surface area contributed by atoms with Crippen LogP contribution in [0.3, 0.4) is 0 Å². The first kappa shape index (κ1) is 11.3. The minimum absolute atomic E-state index is 0.168. The normalized spacial score (nSPS) is 12.9. The van der Waals surface area contributed by atoms with E-state index in [1.807, 2.05) is 0 Å². The molecule has 0 fully saturated rings. The fourth-order valence-corrected chi connectivity index (χ4v) is 1.39. The molecule has 6 heteroatoms. The fraction of sp³-hybridized carbons (Fsp3) is 0.250. The van der Waals surface area contributed by atoms with Crippen molar-refractivity contribution in [3.05, 3.63) is 27.7 Å². The van der Waals surface area contributed by atoms with Gasteiger partial charge in [0.05, 0.1) is 10.5 Å². The van der Waals surface area contributed by atoms with E-state index in [9.17, 15) is 13.2 Å². The maximum atomic E-state index is 12.9. The third kappa shape index (κ3) is 1.85. The number of rotatable bonds is 2. The highest BCUT2D eigenvalue weighted by Crippen LogP contribution is 2.32. The molecule has 0 saturated carbocycles. The Balaban J connectivity index is 3.33. The molecule has 0 aromatic heterocycles. The number of halogens is 4. The highest BCUT2D eigenvalue weighted by atomic mass is 79.9. The van der Waals surface area contributed by atoms with Crippen molar-refractivity contribution in [1.29, 1.82) is 0 Å². The SMILES string of the molecule is N[C@@H](CF)c1cc(Br)c(F)c(F)c1O. The smallest absolute Gasteiger partial charge is 0.201 e. The predicted octanol–water partition coefficient (Wildman–Crippen LogP) is 2.40. The summed E-state index contributed by atoms with van der Waals surface area (Å²) in [4.78, 5) is 0. The minimum Gasteiger partial charge on any atom is -0.505 e. The molecule has 0 aliphatic rings. The van der Waals surface area contributed by atoms with Gasteiger partial charge in [0.2, 0.25) is 5.82 Å². The molecule has 0 bridgehead atoms. The van der Waals surface area contributed by atoms with E-state index in [0.717, 1.165) is 6.07 Å². The maximum absolute atomic E-state index is 12.9. The van der Waals surface area contributed by atoms with Crippen LogP contribution in [0.1, 0.15) is 11.6 Å². The molecule has 0 unspecified atom stereocenters. The molecule has 0 aliphatic carbocycles. The van der Waals surface area contributed by atoms with Crippen molar-refractivity contribution in [1.82, 2.24) is 0 Å². The second-order valence-corrected chi connectivity index (χ2v) is 3.54. The molecule has 14 heavy (non-hydrogen) atoms. The van der Waals surface area contributed by atoms with Crippen LogP contribution in [0.2, 0.25) is 0 Å². The van der Waals surface area contributed by atoms with Crippen molar-refractivity contribution in [2.75, 3.05) is 6.67 Å². The Morgan fingerprint density at radius 2 is 2.00 bits per heavy atom. The summed E-state index contributed by atoms with van der Waals surface area (Å²) in [6, 6.07) is -0.112. The Morgan fingerprint density at radius 1 is 1.43 bits per heavy atom. The third-order valence-corrected chi connectivity index (χ3v) is 2.31. The van der Waals surface area contributed by atoms with Crippen molar-refractivity contribution >= 4 is 15.9 Å². The van der Waals surface area contributed by atoms with Gasteiger partial charge in [0, 0.05) is 5.56 Å². The van der Waals surface area contributed by atoms with Crippen molar-refractivity contribution in [3.63, 3.8) is 0 Å². The standard InChI is InChI=1S/C8H7BrF3NO/c9-4-1-3(5(13)2-10)8(14)7(12)6(4)11/h1,5,14H,2,13H2/t5-/m0/s1. The molecule has 0 spiro atoms. The summed E-state index contributed by atoms with van der Waals surface area (Å²) < 4.78 is 37.7. The van der Waals surface area contributed by atoms with E-state index in [4.69, 9.17) is 10.8 Å². The van der Waals surface area contributed by atoms with Crippen molar-refractivity contribution in [3.8, 4) is 5.75 Å². The Hall–Kier alpha value is -0.750. The van der Waals surface area contributed by atoms with Crippen LogP contribution in [0.15, 0.2) is 10.5 Å². The van der Waals surface area contributed by atoms with Gasteiger partial charge < -0.3 is 10.8 Å². The van der Waals surface area contributed by atoms with E-state index in [1.54, 1.807) is 0 Å². The predicted molar refractivity (Wildman–Crippen MR) is 48.6 cm³/mol. The molecule has 0 amide bonds. The summed E-state index contributed by atoms with van der Waals surface area (Å²) >= 11 is 2.72. The summed E-state index contributed by atoms with van der Waals surface area (Å²) in [5.74, 6) is -3.61. The lowest BCUT2D eigenvalue weighted by molar-refractivity contribution is 0.380. The van der Waals surface area contributed by atoms with Crippen molar-refractivity contribution in [2.24, 2.45) is 5.73 Å². The van der Waals surface area contributed by atoms with Crippen LogP contribution in [0.5, 0.6) is 5.75 Å². The molecule has 0 radical (unpaired) electrons. The van der Waals surface area contributed by atoms with Crippen molar-refractivity contribution in [2.45, 2.75) is 6.04 Å². The second-order valence-electron chi connectivity index (χ2n) is 2.68. The van der Waals surface area contributed by atoms with Gasteiger partial charge in [0.15, 0.2) is 11.6 Å². The molecule has 1 aromatic carbocycles. The zero-order chi connectivity index (χ0) is 10.9. The van der Waals surface area contributed by atoms with Gasteiger partial charge in [-0.15, -0.1) is 0 Å². The molecule has 1 rings (SSSR count). The molecular formula is C8H7BrF3NO. The summed E-state index contributed by atoms with van der Waals surface area (Å²) in [7, 11) is 0.